The summed E-state index contributed by atoms with van der Waals surface area (Å²) in [5, 5.41) is 3.89. The van der Waals surface area contributed by atoms with Gasteiger partial charge in [-0.15, -0.1) is 11.3 Å². The van der Waals surface area contributed by atoms with Crippen molar-refractivity contribution < 1.29 is 19.1 Å². The van der Waals surface area contributed by atoms with Crippen LogP contribution in [0.4, 0.5) is 0 Å². The minimum absolute atomic E-state index is 0.00888. The molecule has 0 bridgehead atoms. The highest BCUT2D eigenvalue weighted by Crippen LogP contribution is 2.35. The van der Waals surface area contributed by atoms with Crippen LogP contribution in [0.25, 0.3) is 10.6 Å². The van der Waals surface area contributed by atoms with E-state index in [1.54, 1.807) is 14.2 Å². The summed E-state index contributed by atoms with van der Waals surface area (Å²) in [6, 6.07) is 13.2. The molecular formula is C26H29N3O4S. The Morgan fingerprint density at radius 1 is 1.03 bits per heavy atom. The highest BCUT2D eigenvalue weighted by atomic mass is 32.1. The minimum atomic E-state index is -0.0549. The van der Waals surface area contributed by atoms with Crippen molar-refractivity contribution in [2.45, 2.75) is 32.7 Å². The average molecular weight is 480 g/mol. The number of carbonyl (C=O) groups excluding carboxylic acids is 2. The van der Waals surface area contributed by atoms with Crippen molar-refractivity contribution in [3.05, 3.63) is 64.2 Å². The zero-order valence-corrected chi connectivity index (χ0v) is 20.7. The number of ether oxygens (including phenoxy) is 2. The van der Waals surface area contributed by atoms with Crippen molar-refractivity contribution >= 4 is 23.2 Å². The van der Waals surface area contributed by atoms with Crippen LogP contribution in [-0.2, 0) is 0 Å². The van der Waals surface area contributed by atoms with Crippen molar-refractivity contribution in [2.75, 3.05) is 27.3 Å². The molecule has 0 saturated carbocycles. The maximum Gasteiger partial charge on any atom is 0.265 e. The van der Waals surface area contributed by atoms with E-state index in [0.717, 1.165) is 34.7 Å². The lowest BCUT2D eigenvalue weighted by atomic mass is 10.0. The minimum Gasteiger partial charge on any atom is -0.493 e. The van der Waals surface area contributed by atoms with Crippen LogP contribution in [0, 0.1) is 13.8 Å². The van der Waals surface area contributed by atoms with Crippen LogP contribution in [0.1, 0.15) is 44.1 Å². The summed E-state index contributed by atoms with van der Waals surface area (Å²) in [4.78, 5) is 33.0. The predicted octanol–water partition coefficient (Wildman–Crippen LogP) is 4.48. The largest absolute Gasteiger partial charge is 0.493 e. The van der Waals surface area contributed by atoms with Gasteiger partial charge in [0.25, 0.3) is 11.8 Å². The molecule has 1 aromatic heterocycles. The topological polar surface area (TPSA) is 80.8 Å². The summed E-state index contributed by atoms with van der Waals surface area (Å²) < 4.78 is 10.7. The number of nitrogens with zero attached hydrogens (tertiary/aromatic N) is 2. The number of hydrogen-bond acceptors (Lipinski definition) is 6. The lowest BCUT2D eigenvalue weighted by molar-refractivity contribution is 0.0702. The first-order valence-electron chi connectivity index (χ1n) is 11.3. The molecule has 1 N–H and O–H groups in total. The van der Waals surface area contributed by atoms with Gasteiger partial charge in [-0.1, -0.05) is 18.2 Å². The molecule has 2 amide bonds. The Kier molecular flexibility index (Phi) is 7.17. The molecule has 2 heterocycles. The average Bonchev–Trinajstić information content (AvgIpc) is 3.25. The van der Waals surface area contributed by atoms with Crippen molar-refractivity contribution in [1.29, 1.82) is 0 Å². The van der Waals surface area contributed by atoms with Gasteiger partial charge in [0.05, 0.1) is 19.9 Å². The number of rotatable bonds is 6. The SMILES string of the molecule is COc1ccc(-c2nc(C)c(C(=O)N3CCC(NC(=O)c4ccccc4C)CC3)s2)cc1OC. The fraction of sp³-hybridized carbons (Fsp3) is 0.346. The molecule has 7 nitrogen and oxygen atoms in total. The fourth-order valence-electron chi connectivity index (χ4n) is 4.15. The van der Waals surface area contributed by atoms with Gasteiger partial charge in [0.2, 0.25) is 0 Å². The number of methoxy groups -OCH3 is 2. The molecule has 0 atom stereocenters. The number of aryl methyl sites for hydroxylation is 2. The van der Waals surface area contributed by atoms with Gasteiger partial charge in [0.15, 0.2) is 11.5 Å². The van der Waals surface area contributed by atoms with Gasteiger partial charge in [-0.2, -0.15) is 0 Å². The standard InChI is InChI=1S/C26H29N3O4S/c1-16-7-5-6-8-20(16)24(30)28-19-11-13-29(14-12-19)26(31)23-17(2)27-25(34-23)18-9-10-21(32-3)22(15-18)33-4/h5-10,15,19H,11-14H2,1-4H3,(H,28,30). The van der Waals surface area contributed by atoms with E-state index in [4.69, 9.17) is 9.47 Å². The number of amides is 2. The molecule has 8 heteroatoms. The van der Waals surface area contributed by atoms with Gasteiger partial charge >= 0.3 is 0 Å². The Morgan fingerprint density at radius 3 is 2.41 bits per heavy atom. The number of benzene rings is 2. The lowest BCUT2D eigenvalue weighted by Crippen LogP contribution is -2.46. The zero-order chi connectivity index (χ0) is 24.2. The molecule has 0 radical (unpaired) electrons. The van der Waals surface area contributed by atoms with Crippen molar-refractivity contribution in [3.63, 3.8) is 0 Å². The Hall–Kier alpha value is -3.39. The predicted molar refractivity (Wildman–Crippen MR) is 133 cm³/mol. The zero-order valence-electron chi connectivity index (χ0n) is 19.9. The van der Waals surface area contributed by atoms with E-state index in [2.05, 4.69) is 10.3 Å². The van der Waals surface area contributed by atoms with Crippen LogP contribution >= 0.6 is 11.3 Å². The van der Waals surface area contributed by atoms with Gasteiger partial charge in [-0.05, 0) is 56.5 Å². The second kappa shape index (κ2) is 10.3. The lowest BCUT2D eigenvalue weighted by Gasteiger charge is -2.32. The molecule has 0 spiro atoms. The third-order valence-electron chi connectivity index (χ3n) is 6.13. The third kappa shape index (κ3) is 4.92. The quantitative estimate of drug-likeness (QED) is 0.564. The number of aromatic nitrogens is 1. The molecule has 1 fully saturated rings. The fourth-order valence-corrected chi connectivity index (χ4v) is 5.18. The Bertz CT molecular complexity index is 1200. The highest BCUT2D eigenvalue weighted by Gasteiger charge is 2.28. The molecule has 0 unspecified atom stereocenters. The summed E-state index contributed by atoms with van der Waals surface area (Å²) in [7, 11) is 3.19. The maximum absolute atomic E-state index is 13.2. The highest BCUT2D eigenvalue weighted by molar-refractivity contribution is 7.17. The van der Waals surface area contributed by atoms with E-state index >= 15 is 0 Å². The van der Waals surface area contributed by atoms with Crippen LogP contribution in [0.5, 0.6) is 11.5 Å². The maximum atomic E-state index is 13.2. The number of hydrogen-bond donors (Lipinski definition) is 1. The second-order valence-corrected chi connectivity index (χ2v) is 9.36. The van der Waals surface area contributed by atoms with Crippen LogP contribution in [0.3, 0.4) is 0 Å². The molecule has 1 aliphatic rings. The first-order valence-corrected chi connectivity index (χ1v) is 12.1. The van der Waals surface area contributed by atoms with Crippen LogP contribution < -0.4 is 14.8 Å². The smallest absolute Gasteiger partial charge is 0.265 e. The molecule has 3 aromatic rings. The first-order chi connectivity index (χ1) is 16.4. The summed E-state index contributed by atoms with van der Waals surface area (Å²) in [5.74, 6) is 1.20. The Morgan fingerprint density at radius 2 is 1.74 bits per heavy atom. The van der Waals surface area contributed by atoms with Crippen molar-refractivity contribution in [2.24, 2.45) is 0 Å². The summed E-state index contributed by atoms with van der Waals surface area (Å²) in [5.41, 5.74) is 3.25. The van der Waals surface area contributed by atoms with E-state index in [1.807, 2.05) is 61.2 Å². The van der Waals surface area contributed by atoms with Gasteiger partial charge < -0.3 is 19.7 Å². The normalized spacial score (nSPS) is 14.1. The number of piperidine rings is 1. The van der Waals surface area contributed by atoms with E-state index in [9.17, 15) is 9.59 Å². The molecule has 178 valence electrons. The number of nitrogens with one attached hydrogen (secondary N) is 1. The Labute approximate surface area is 203 Å². The van der Waals surface area contributed by atoms with E-state index in [-0.39, 0.29) is 17.9 Å². The number of carbonyl (C=O) groups is 2. The number of thiazole rings is 1. The summed E-state index contributed by atoms with van der Waals surface area (Å²) >= 11 is 1.39. The van der Waals surface area contributed by atoms with Crippen molar-refractivity contribution in [3.8, 4) is 22.1 Å². The molecular weight excluding hydrogens is 450 g/mol. The third-order valence-corrected chi connectivity index (χ3v) is 7.32. The van der Waals surface area contributed by atoms with Gasteiger partial charge in [-0.3, -0.25) is 9.59 Å². The summed E-state index contributed by atoms with van der Waals surface area (Å²) in [6.45, 7) is 4.99. The van der Waals surface area contributed by atoms with Gasteiger partial charge in [0.1, 0.15) is 9.88 Å². The molecule has 2 aromatic carbocycles. The summed E-state index contributed by atoms with van der Waals surface area (Å²) in [6.07, 6.45) is 1.45. The monoisotopic (exact) mass is 479 g/mol. The first kappa shape index (κ1) is 23.8. The van der Waals surface area contributed by atoms with Crippen LogP contribution in [0.15, 0.2) is 42.5 Å². The molecule has 1 saturated heterocycles. The molecule has 0 aliphatic carbocycles. The van der Waals surface area contributed by atoms with Gasteiger partial charge in [-0.25, -0.2) is 4.98 Å². The van der Waals surface area contributed by atoms with E-state index in [0.29, 0.717) is 35.0 Å². The van der Waals surface area contributed by atoms with Gasteiger partial charge in [0, 0.05) is 30.3 Å². The molecule has 4 rings (SSSR count). The molecule has 1 aliphatic heterocycles. The van der Waals surface area contributed by atoms with E-state index < -0.39 is 0 Å². The van der Waals surface area contributed by atoms with Crippen LogP contribution in [0.2, 0.25) is 0 Å². The van der Waals surface area contributed by atoms with E-state index in [1.165, 1.54) is 11.3 Å². The molecule has 34 heavy (non-hydrogen) atoms. The second-order valence-electron chi connectivity index (χ2n) is 8.36. The number of likely N-dealkylation sites (tertiary alicyclic amines) is 1. The van der Waals surface area contributed by atoms with Crippen LogP contribution in [-0.4, -0.2) is 55.0 Å². The Balaban J connectivity index is 1.40. The van der Waals surface area contributed by atoms with Crippen molar-refractivity contribution in [1.82, 2.24) is 15.2 Å².